The molecule has 3 atom stereocenters. The maximum absolute atomic E-state index is 13.4. The van der Waals surface area contributed by atoms with E-state index in [0.29, 0.717) is 23.2 Å². The van der Waals surface area contributed by atoms with Crippen LogP contribution in [0, 0.1) is 17.8 Å². The monoisotopic (exact) mass is 453 g/mol. The molecular formula is C26H35N3O2S. The van der Waals surface area contributed by atoms with E-state index >= 15 is 0 Å². The Morgan fingerprint density at radius 1 is 1.22 bits per heavy atom. The van der Waals surface area contributed by atoms with E-state index in [9.17, 15) is 9.59 Å². The summed E-state index contributed by atoms with van der Waals surface area (Å²) in [4.78, 5) is 33.4. The minimum Gasteiger partial charge on any atom is -0.338 e. The second-order valence-electron chi connectivity index (χ2n) is 10.9. The van der Waals surface area contributed by atoms with Crippen molar-refractivity contribution >= 4 is 17.7 Å². The number of nitrogens with zero attached hydrogens (tertiary/aromatic N) is 3. The molecule has 2 aromatic rings. The summed E-state index contributed by atoms with van der Waals surface area (Å²) in [6.45, 7) is 11.6. The van der Waals surface area contributed by atoms with Crippen molar-refractivity contribution in [2.75, 3.05) is 6.54 Å². The van der Waals surface area contributed by atoms with Crippen molar-refractivity contribution in [3.05, 3.63) is 57.5 Å². The van der Waals surface area contributed by atoms with Gasteiger partial charge in [-0.1, -0.05) is 62.9 Å². The lowest BCUT2D eigenvalue weighted by Crippen LogP contribution is -2.41. The van der Waals surface area contributed by atoms with Gasteiger partial charge >= 0.3 is 0 Å². The lowest BCUT2D eigenvalue weighted by Gasteiger charge is -2.39. The quantitative estimate of drug-likeness (QED) is 0.491. The molecule has 32 heavy (non-hydrogen) atoms. The Balaban J connectivity index is 1.52. The van der Waals surface area contributed by atoms with Gasteiger partial charge in [-0.25, -0.2) is 4.98 Å². The number of aryl methyl sites for hydroxylation is 1. The maximum atomic E-state index is 13.4. The molecule has 2 aliphatic rings. The van der Waals surface area contributed by atoms with Gasteiger partial charge in [-0.2, -0.15) is 0 Å². The summed E-state index contributed by atoms with van der Waals surface area (Å²) in [5.41, 5.74) is 3.01. The first-order valence-electron chi connectivity index (χ1n) is 11.6. The predicted octanol–water partition coefficient (Wildman–Crippen LogP) is 4.59. The molecule has 1 aliphatic heterocycles. The fourth-order valence-electron chi connectivity index (χ4n) is 6.00. The standard InChI is InChI=1S/C26H35N3O2S/c1-17-21(12-19-10-8-7-9-11-19)23(31)28(6)24(27-17)32-18(2)22(30)29-16-26(5)14-20(29)13-25(3,4)15-26/h7-11,18,20H,12-16H2,1-6H3. The summed E-state index contributed by atoms with van der Waals surface area (Å²) in [7, 11) is 1.76. The summed E-state index contributed by atoms with van der Waals surface area (Å²) < 4.78 is 1.60. The van der Waals surface area contributed by atoms with Crippen molar-refractivity contribution in [1.29, 1.82) is 0 Å². The molecule has 1 saturated carbocycles. The van der Waals surface area contributed by atoms with Gasteiger partial charge in [0.05, 0.1) is 5.25 Å². The van der Waals surface area contributed by atoms with Crippen LogP contribution >= 0.6 is 11.8 Å². The van der Waals surface area contributed by atoms with Gasteiger partial charge in [-0.15, -0.1) is 0 Å². The van der Waals surface area contributed by atoms with Gasteiger partial charge in [0, 0.05) is 37.3 Å². The molecule has 3 unspecified atom stereocenters. The van der Waals surface area contributed by atoms with E-state index in [1.807, 2.05) is 44.2 Å². The second kappa shape index (κ2) is 8.36. The molecule has 2 heterocycles. The van der Waals surface area contributed by atoms with Crippen LogP contribution in [0.25, 0.3) is 0 Å². The molecule has 0 radical (unpaired) electrons. The molecule has 2 fully saturated rings. The van der Waals surface area contributed by atoms with Crippen LogP contribution in [0.5, 0.6) is 0 Å². The fraction of sp³-hybridized carbons (Fsp3) is 0.577. The first-order chi connectivity index (χ1) is 15.0. The third-order valence-electron chi connectivity index (χ3n) is 7.10. The highest BCUT2D eigenvalue weighted by atomic mass is 32.2. The summed E-state index contributed by atoms with van der Waals surface area (Å²) in [6.07, 6.45) is 3.90. The summed E-state index contributed by atoms with van der Waals surface area (Å²) in [5.74, 6) is 0.168. The number of amides is 1. The minimum atomic E-state index is -0.279. The zero-order chi connectivity index (χ0) is 23.3. The highest BCUT2D eigenvalue weighted by Gasteiger charge is 2.51. The van der Waals surface area contributed by atoms with Crippen molar-refractivity contribution < 1.29 is 4.79 Å². The number of benzene rings is 1. The Morgan fingerprint density at radius 2 is 1.91 bits per heavy atom. The van der Waals surface area contributed by atoms with Crippen molar-refractivity contribution in [2.24, 2.45) is 17.9 Å². The molecule has 1 amide bonds. The van der Waals surface area contributed by atoms with Crippen LogP contribution in [0.4, 0.5) is 0 Å². The minimum absolute atomic E-state index is 0.0326. The van der Waals surface area contributed by atoms with E-state index in [0.717, 1.165) is 30.6 Å². The average molecular weight is 454 g/mol. The van der Waals surface area contributed by atoms with Gasteiger partial charge in [0.1, 0.15) is 0 Å². The molecule has 5 nitrogen and oxygen atoms in total. The van der Waals surface area contributed by atoms with Crippen LogP contribution in [0.15, 0.2) is 40.3 Å². The van der Waals surface area contributed by atoms with Gasteiger partial charge in [0.15, 0.2) is 5.16 Å². The molecule has 4 rings (SSSR count). The molecule has 0 spiro atoms. The first kappa shape index (κ1) is 23.1. The van der Waals surface area contributed by atoms with Crippen LogP contribution in [0.1, 0.15) is 63.8 Å². The van der Waals surface area contributed by atoms with Crippen molar-refractivity contribution in [1.82, 2.24) is 14.5 Å². The van der Waals surface area contributed by atoms with Crippen LogP contribution in [0.2, 0.25) is 0 Å². The third kappa shape index (κ3) is 4.52. The number of thioether (sulfide) groups is 1. The predicted molar refractivity (Wildman–Crippen MR) is 130 cm³/mol. The molecule has 172 valence electrons. The van der Waals surface area contributed by atoms with Crippen LogP contribution in [-0.4, -0.2) is 38.2 Å². The smallest absolute Gasteiger partial charge is 0.257 e. The Hall–Kier alpha value is -2.08. The van der Waals surface area contributed by atoms with E-state index < -0.39 is 0 Å². The summed E-state index contributed by atoms with van der Waals surface area (Å²) >= 11 is 1.40. The lowest BCUT2D eigenvalue weighted by molar-refractivity contribution is -0.131. The van der Waals surface area contributed by atoms with Gasteiger partial charge < -0.3 is 4.90 Å². The highest BCUT2D eigenvalue weighted by Crippen LogP contribution is 2.52. The Bertz CT molecular complexity index is 1080. The third-order valence-corrected chi connectivity index (χ3v) is 8.23. The van der Waals surface area contributed by atoms with Crippen LogP contribution in [-0.2, 0) is 18.3 Å². The maximum Gasteiger partial charge on any atom is 0.257 e. The number of carbonyl (C=O) groups is 1. The molecular weight excluding hydrogens is 418 g/mol. The molecule has 2 bridgehead atoms. The van der Waals surface area contributed by atoms with Gasteiger partial charge in [-0.05, 0) is 49.5 Å². The SMILES string of the molecule is Cc1nc(SC(C)C(=O)N2CC3(C)CC2CC(C)(C)C3)n(C)c(=O)c1Cc1ccccc1. The van der Waals surface area contributed by atoms with E-state index in [4.69, 9.17) is 4.98 Å². The number of aromatic nitrogens is 2. The first-order valence-corrected chi connectivity index (χ1v) is 12.4. The molecule has 1 aliphatic carbocycles. The fourth-order valence-corrected chi connectivity index (χ4v) is 6.98. The summed E-state index contributed by atoms with van der Waals surface area (Å²) in [6, 6.07) is 10.3. The van der Waals surface area contributed by atoms with Crippen molar-refractivity contribution in [3.63, 3.8) is 0 Å². The lowest BCUT2D eigenvalue weighted by atomic mass is 9.65. The number of likely N-dealkylation sites (tertiary alicyclic amines) is 1. The normalized spacial score (nSPS) is 25.1. The van der Waals surface area contributed by atoms with Crippen molar-refractivity contribution in [2.45, 2.75) is 76.8 Å². The van der Waals surface area contributed by atoms with Gasteiger partial charge in [0.2, 0.25) is 5.91 Å². The Kier molecular flexibility index (Phi) is 6.03. The van der Waals surface area contributed by atoms with E-state index in [1.54, 1.807) is 11.6 Å². The summed E-state index contributed by atoms with van der Waals surface area (Å²) in [5, 5.41) is 0.331. The highest BCUT2D eigenvalue weighted by molar-refractivity contribution is 8.00. The molecule has 1 aromatic carbocycles. The van der Waals surface area contributed by atoms with E-state index in [2.05, 4.69) is 25.7 Å². The molecule has 0 N–H and O–H groups in total. The zero-order valence-electron chi connectivity index (χ0n) is 20.1. The number of rotatable bonds is 5. The van der Waals surface area contributed by atoms with Crippen molar-refractivity contribution in [3.8, 4) is 0 Å². The topological polar surface area (TPSA) is 55.2 Å². The van der Waals surface area contributed by atoms with E-state index in [-0.39, 0.29) is 27.5 Å². The largest absolute Gasteiger partial charge is 0.338 e. The Labute approximate surface area is 195 Å². The Morgan fingerprint density at radius 3 is 2.59 bits per heavy atom. The zero-order valence-corrected chi connectivity index (χ0v) is 21.0. The number of carbonyl (C=O) groups excluding carboxylic acids is 1. The van der Waals surface area contributed by atoms with E-state index in [1.165, 1.54) is 18.2 Å². The average Bonchev–Trinajstić information content (AvgIpc) is 2.98. The van der Waals surface area contributed by atoms with Crippen LogP contribution < -0.4 is 5.56 Å². The molecule has 6 heteroatoms. The second-order valence-corrected chi connectivity index (χ2v) is 12.2. The number of hydrogen-bond donors (Lipinski definition) is 0. The molecule has 1 saturated heterocycles. The molecule has 1 aromatic heterocycles. The van der Waals surface area contributed by atoms with Crippen LogP contribution in [0.3, 0.4) is 0 Å². The van der Waals surface area contributed by atoms with Gasteiger partial charge in [0.25, 0.3) is 5.56 Å². The number of hydrogen-bond acceptors (Lipinski definition) is 4. The van der Waals surface area contributed by atoms with Gasteiger partial charge in [-0.3, -0.25) is 14.2 Å². The number of fused-ring (bicyclic) bond motifs is 2.